The third kappa shape index (κ3) is 10.2. The van der Waals surface area contributed by atoms with Gasteiger partial charge in [0.2, 0.25) is 22.1 Å². The molecule has 3 rings (SSSR count). The fraction of sp³-hybridized carbons (Fsp3) is 0.407. The second kappa shape index (κ2) is 17.0. The van der Waals surface area contributed by atoms with Crippen LogP contribution in [-0.4, -0.2) is 60.5 Å². The summed E-state index contributed by atoms with van der Waals surface area (Å²) in [5, 5.41) is 43.7. The molecule has 40 heavy (non-hydrogen) atoms. The number of aromatic nitrogens is 4. The summed E-state index contributed by atoms with van der Waals surface area (Å²) in [6.45, 7) is 3.62. The first-order chi connectivity index (χ1) is 19.4. The number of rotatable bonds is 16. The molecule has 0 aliphatic carbocycles. The number of amides is 2. The largest absolute Gasteiger partial charge is 0.392 e. The molecule has 0 unspecified atom stereocenters. The number of aliphatic hydroxyl groups is 2. The van der Waals surface area contributed by atoms with Gasteiger partial charge in [-0.1, -0.05) is 66.0 Å². The molecule has 0 bridgehead atoms. The molecule has 0 aliphatic rings. The molecular formula is C27H34N6O4S3. The van der Waals surface area contributed by atoms with Gasteiger partial charge in [-0.05, 0) is 47.1 Å². The maximum absolute atomic E-state index is 12.5. The van der Waals surface area contributed by atoms with Crippen LogP contribution in [-0.2, 0) is 35.5 Å². The molecule has 13 heteroatoms. The maximum Gasteiger partial charge on any atom is 0.230 e. The van der Waals surface area contributed by atoms with Crippen LogP contribution in [0.3, 0.4) is 0 Å². The van der Waals surface area contributed by atoms with Gasteiger partial charge in [-0.3, -0.25) is 9.59 Å². The van der Waals surface area contributed by atoms with Crippen molar-refractivity contribution in [3.63, 3.8) is 0 Å². The van der Waals surface area contributed by atoms with Crippen LogP contribution < -0.4 is 10.6 Å². The van der Waals surface area contributed by atoms with Gasteiger partial charge in [-0.2, -0.15) is 11.8 Å². The molecule has 0 atom stereocenters. The topological polar surface area (TPSA) is 150 Å². The predicted octanol–water partition coefficient (Wildman–Crippen LogP) is 4.19. The number of thioether (sulfide) groups is 1. The number of carbonyl (C=O) groups excluding carboxylic acids is 2. The van der Waals surface area contributed by atoms with E-state index in [2.05, 4.69) is 31.0 Å². The summed E-state index contributed by atoms with van der Waals surface area (Å²) in [6, 6.07) is 7.30. The highest BCUT2D eigenvalue weighted by atomic mass is 32.2. The Morgan fingerprint density at radius 3 is 2.05 bits per heavy atom. The average molecular weight is 603 g/mol. The van der Waals surface area contributed by atoms with E-state index in [0.717, 1.165) is 63.1 Å². The summed E-state index contributed by atoms with van der Waals surface area (Å²) >= 11 is 4.48. The van der Waals surface area contributed by atoms with Crippen LogP contribution in [0, 0.1) is 0 Å². The minimum atomic E-state index is -0.198. The van der Waals surface area contributed by atoms with Crippen molar-refractivity contribution in [3.05, 3.63) is 68.7 Å². The van der Waals surface area contributed by atoms with E-state index in [-0.39, 0.29) is 37.9 Å². The first kappa shape index (κ1) is 31.6. The molecule has 1 aromatic carbocycles. The third-order valence-corrected chi connectivity index (χ3v) is 8.50. The lowest BCUT2D eigenvalue weighted by Crippen LogP contribution is -2.15. The number of hydrogen-bond acceptors (Lipinski definition) is 11. The van der Waals surface area contributed by atoms with Crippen molar-refractivity contribution in [3.8, 4) is 0 Å². The average Bonchev–Trinajstić information content (AvgIpc) is 3.58. The third-order valence-electron chi connectivity index (χ3n) is 5.72. The highest BCUT2D eigenvalue weighted by Gasteiger charge is 2.13. The van der Waals surface area contributed by atoms with Gasteiger partial charge in [-0.25, -0.2) is 0 Å². The van der Waals surface area contributed by atoms with Gasteiger partial charge >= 0.3 is 0 Å². The summed E-state index contributed by atoms with van der Waals surface area (Å²) in [6.07, 6.45) is 6.35. The number of allylic oxidation sites excluding steroid dienone is 2. The van der Waals surface area contributed by atoms with Gasteiger partial charge < -0.3 is 20.8 Å². The number of nitrogens with one attached hydrogen (secondary N) is 2. The Kier molecular flexibility index (Phi) is 13.4. The van der Waals surface area contributed by atoms with Crippen molar-refractivity contribution in [2.45, 2.75) is 52.6 Å². The smallest absolute Gasteiger partial charge is 0.230 e. The molecule has 2 heterocycles. The van der Waals surface area contributed by atoms with Gasteiger partial charge in [0, 0.05) is 12.8 Å². The fourth-order valence-electron chi connectivity index (χ4n) is 3.73. The Morgan fingerprint density at radius 2 is 1.50 bits per heavy atom. The summed E-state index contributed by atoms with van der Waals surface area (Å²) in [5.74, 6) is 1.31. The quantitative estimate of drug-likeness (QED) is 0.140. The number of aliphatic hydroxyl groups excluding tert-OH is 2. The highest BCUT2D eigenvalue weighted by molar-refractivity contribution is 7.99. The van der Waals surface area contributed by atoms with Gasteiger partial charge in [0.05, 0.1) is 26.1 Å². The molecule has 3 aromatic rings. The lowest BCUT2D eigenvalue weighted by molar-refractivity contribution is -0.116. The van der Waals surface area contributed by atoms with E-state index in [1.54, 1.807) is 17.8 Å². The number of benzene rings is 1. The first-order valence-electron chi connectivity index (χ1n) is 12.9. The molecule has 214 valence electrons. The van der Waals surface area contributed by atoms with E-state index < -0.39 is 0 Å². The predicted molar refractivity (Wildman–Crippen MR) is 162 cm³/mol. The standard InChI is InChI=1S/C27H34N6O4S3/c1-3-7-19(18(4-2)16-34)14-22(36)28-26-32-30-24(39-26)10-12-38-13-11-25-31-33-27(40-25)29-23(37)15-20-8-5-6-9-21(20)17-35/h4-9,34-35H,3,10-17H2,1-2H3,(H,28,32,36)(H,29,33,37)/b18-4-,19-7-. The maximum atomic E-state index is 12.5. The van der Waals surface area contributed by atoms with E-state index in [1.165, 1.54) is 22.7 Å². The van der Waals surface area contributed by atoms with Crippen LogP contribution in [0.2, 0.25) is 0 Å². The van der Waals surface area contributed by atoms with Crippen LogP contribution in [0.1, 0.15) is 47.8 Å². The summed E-state index contributed by atoms with van der Waals surface area (Å²) in [5.41, 5.74) is 3.09. The fourth-order valence-corrected chi connectivity index (χ4v) is 6.38. The summed E-state index contributed by atoms with van der Waals surface area (Å²) in [4.78, 5) is 24.9. The molecule has 0 saturated heterocycles. The second-order valence-corrected chi connectivity index (χ2v) is 11.9. The van der Waals surface area contributed by atoms with Crippen LogP contribution in [0.15, 0.2) is 47.6 Å². The highest BCUT2D eigenvalue weighted by Crippen LogP contribution is 2.21. The normalized spacial score (nSPS) is 12.0. The molecule has 0 fully saturated rings. The number of hydrogen-bond donors (Lipinski definition) is 4. The number of carbonyl (C=O) groups is 2. The minimum Gasteiger partial charge on any atom is -0.392 e. The second-order valence-electron chi connectivity index (χ2n) is 8.60. The molecule has 0 radical (unpaired) electrons. The lowest BCUT2D eigenvalue weighted by Gasteiger charge is -2.09. The zero-order chi connectivity index (χ0) is 28.7. The van der Waals surface area contributed by atoms with Crippen LogP contribution >= 0.6 is 34.4 Å². The van der Waals surface area contributed by atoms with Gasteiger partial charge in [0.1, 0.15) is 10.0 Å². The van der Waals surface area contributed by atoms with Gasteiger partial charge in [0.25, 0.3) is 0 Å². The first-order valence-corrected chi connectivity index (χ1v) is 15.7. The zero-order valence-electron chi connectivity index (χ0n) is 22.6. The van der Waals surface area contributed by atoms with Gasteiger partial charge in [-0.15, -0.1) is 20.4 Å². The van der Waals surface area contributed by atoms with Crippen LogP contribution in [0.5, 0.6) is 0 Å². The molecule has 2 aromatic heterocycles. The van der Waals surface area contributed by atoms with E-state index in [9.17, 15) is 19.8 Å². The van der Waals surface area contributed by atoms with E-state index in [0.29, 0.717) is 10.3 Å². The molecule has 0 aliphatic heterocycles. The lowest BCUT2D eigenvalue weighted by atomic mass is 10.0. The summed E-state index contributed by atoms with van der Waals surface area (Å²) in [7, 11) is 0. The number of anilines is 2. The molecular weight excluding hydrogens is 569 g/mol. The monoisotopic (exact) mass is 602 g/mol. The van der Waals surface area contributed by atoms with Crippen molar-refractivity contribution < 1.29 is 19.8 Å². The van der Waals surface area contributed by atoms with Gasteiger partial charge in [0.15, 0.2) is 0 Å². The molecule has 0 saturated carbocycles. The summed E-state index contributed by atoms with van der Waals surface area (Å²) < 4.78 is 0. The molecule has 10 nitrogen and oxygen atoms in total. The van der Waals surface area contributed by atoms with Crippen molar-refractivity contribution >= 4 is 56.5 Å². The SMILES string of the molecule is C/C=C(CO)\C(=C/CC)CC(=O)Nc1nnc(CCSCCc2nnc(NC(=O)Cc3ccccc3CO)s2)s1. The Labute approximate surface area is 246 Å². The van der Waals surface area contributed by atoms with E-state index >= 15 is 0 Å². The molecule has 4 N–H and O–H groups in total. The van der Waals surface area contributed by atoms with Crippen LogP contribution in [0.25, 0.3) is 0 Å². The van der Waals surface area contributed by atoms with Crippen molar-refractivity contribution in [2.24, 2.45) is 0 Å². The van der Waals surface area contributed by atoms with Crippen molar-refractivity contribution in [1.82, 2.24) is 20.4 Å². The zero-order valence-corrected chi connectivity index (χ0v) is 25.0. The Balaban J connectivity index is 1.36. The Bertz CT molecular complexity index is 1320. The number of nitrogens with zero attached hydrogens (tertiary/aromatic N) is 4. The molecule has 2 amide bonds. The number of aryl methyl sites for hydroxylation is 2. The van der Waals surface area contributed by atoms with E-state index in [1.807, 2.05) is 44.2 Å². The Hall–Kier alpha value is -2.97. The Morgan fingerprint density at radius 1 is 0.900 bits per heavy atom. The van der Waals surface area contributed by atoms with Crippen molar-refractivity contribution in [1.29, 1.82) is 0 Å². The molecule has 0 spiro atoms. The minimum absolute atomic E-state index is 0.103. The van der Waals surface area contributed by atoms with Crippen molar-refractivity contribution in [2.75, 3.05) is 28.7 Å². The van der Waals surface area contributed by atoms with Crippen LogP contribution in [0.4, 0.5) is 10.3 Å². The van der Waals surface area contributed by atoms with E-state index in [4.69, 9.17) is 0 Å².